The molecule has 0 bridgehead atoms. The van der Waals surface area contributed by atoms with Crippen LogP contribution in [0.4, 0.5) is 0 Å². The number of allylic oxidation sites excluding steroid dienone is 5. The van der Waals surface area contributed by atoms with Crippen LogP contribution < -0.4 is 0 Å². The summed E-state index contributed by atoms with van der Waals surface area (Å²) in [5.74, 6) is 0. The fraction of sp³-hybridized carbons (Fsp3) is 0.333. The van der Waals surface area contributed by atoms with E-state index in [-0.39, 0.29) is 0 Å². The third-order valence-electron chi connectivity index (χ3n) is 3.45. The van der Waals surface area contributed by atoms with E-state index in [1.54, 1.807) is 0 Å². The number of aryl methyl sites for hydroxylation is 2. The van der Waals surface area contributed by atoms with E-state index in [4.69, 9.17) is 0 Å². The van der Waals surface area contributed by atoms with Gasteiger partial charge in [-0.05, 0) is 68.9 Å². The van der Waals surface area contributed by atoms with E-state index < -0.39 is 0 Å². The maximum atomic E-state index is 3.81. The molecule has 0 heterocycles. The third-order valence-corrected chi connectivity index (χ3v) is 3.45. The number of benzene rings is 1. The van der Waals surface area contributed by atoms with Crippen molar-refractivity contribution in [3.8, 4) is 0 Å². The summed E-state index contributed by atoms with van der Waals surface area (Å²) in [6.45, 7) is 14.6. The van der Waals surface area contributed by atoms with Gasteiger partial charge in [-0.1, -0.05) is 42.5 Å². The molecule has 0 fully saturated rings. The van der Waals surface area contributed by atoms with Crippen molar-refractivity contribution in [2.75, 3.05) is 0 Å². The Hall–Kier alpha value is -1.56. The highest BCUT2D eigenvalue weighted by molar-refractivity contribution is 5.35. The van der Waals surface area contributed by atoms with Gasteiger partial charge in [0.05, 0.1) is 0 Å². The van der Waals surface area contributed by atoms with Gasteiger partial charge in [0.25, 0.3) is 0 Å². The summed E-state index contributed by atoms with van der Waals surface area (Å²) in [5.41, 5.74) is 8.04. The Morgan fingerprint density at radius 3 is 2.28 bits per heavy atom. The first-order chi connectivity index (χ1) is 8.43. The lowest BCUT2D eigenvalue weighted by molar-refractivity contribution is 1.12. The summed E-state index contributed by atoms with van der Waals surface area (Å²) in [6.07, 6.45) is 5.18. The van der Waals surface area contributed by atoms with Crippen LogP contribution in [-0.4, -0.2) is 0 Å². The summed E-state index contributed by atoms with van der Waals surface area (Å²) in [4.78, 5) is 0. The van der Waals surface area contributed by atoms with Crippen molar-refractivity contribution in [1.29, 1.82) is 0 Å². The number of hydrogen-bond acceptors (Lipinski definition) is 0. The molecule has 0 nitrogen and oxygen atoms in total. The lowest BCUT2D eigenvalue weighted by Gasteiger charge is -2.07. The van der Waals surface area contributed by atoms with E-state index in [0.29, 0.717) is 0 Å². The fourth-order valence-electron chi connectivity index (χ4n) is 1.93. The Labute approximate surface area is 112 Å². The van der Waals surface area contributed by atoms with Crippen molar-refractivity contribution < 1.29 is 0 Å². The van der Waals surface area contributed by atoms with Crippen molar-refractivity contribution >= 4 is 0 Å². The zero-order chi connectivity index (χ0) is 13.7. The largest absolute Gasteiger partial charge is 0.0988 e. The Kier molecular flexibility index (Phi) is 5.15. The first kappa shape index (κ1) is 14.5. The first-order valence-electron chi connectivity index (χ1n) is 6.47. The van der Waals surface area contributed by atoms with Gasteiger partial charge >= 0.3 is 0 Å². The van der Waals surface area contributed by atoms with E-state index in [9.17, 15) is 0 Å². The summed E-state index contributed by atoms with van der Waals surface area (Å²) in [7, 11) is 0. The SMILES string of the molecule is C=C/C(C)=C(C)\C=C(/C)Cc1ccc(C)c(C)c1. The van der Waals surface area contributed by atoms with Crippen molar-refractivity contribution in [2.45, 2.75) is 41.0 Å². The molecular weight excluding hydrogens is 216 g/mol. The average molecular weight is 240 g/mol. The van der Waals surface area contributed by atoms with Crippen LogP contribution in [0.1, 0.15) is 37.5 Å². The lowest BCUT2D eigenvalue weighted by atomic mass is 9.99. The van der Waals surface area contributed by atoms with Crippen LogP contribution in [0, 0.1) is 13.8 Å². The molecule has 1 rings (SSSR count). The highest BCUT2D eigenvalue weighted by Crippen LogP contribution is 2.15. The molecule has 0 aliphatic heterocycles. The smallest absolute Gasteiger partial charge is 0.00666 e. The maximum Gasteiger partial charge on any atom is -0.00666 e. The van der Waals surface area contributed by atoms with Crippen LogP contribution in [0.2, 0.25) is 0 Å². The number of hydrogen-bond donors (Lipinski definition) is 0. The average Bonchev–Trinajstić information content (AvgIpc) is 2.32. The molecule has 0 saturated heterocycles. The van der Waals surface area contributed by atoms with Gasteiger partial charge < -0.3 is 0 Å². The van der Waals surface area contributed by atoms with E-state index in [1.165, 1.54) is 33.4 Å². The molecule has 0 aromatic heterocycles. The van der Waals surface area contributed by atoms with Crippen LogP contribution in [-0.2, 0) is 6.42 Å². The topological polar surface area (TPSA) is 0 Å². The van der Waals surface area contributed by atoms with Gasteiger partial charge in [0, 0.05) is 0 Å². The Bertz CT molecular complexity index is 499. The molecule has 0 aliphatic rings. The molecule has 1 aromatic carbocycles. The summed E-state index contributed by atoms with van der Waals surface area (Å²) in [5, 5.41) is 0. The van der Waals surface area contributed by atoms with Crippen LogP contribution in [0.3, 0.4) is 0 Å². The molecule has 0 aliphatic carbocycles. The van der Waals surface area contributed by atoms with Gasteiger partial charge in [-0.25, -0.2) is 0 Å². The molecule has 0 heteroatoms. The van der Waals surface area contributed by atoms with Crippen molar-refractivity contribution in [3.63, 3.8) is 0 Å². The van der Waals surface area contributed by atoms with Gasteiger partial charge in [-0.3, -0.25) is 0 Å². The van der Waals surface area contributed by atoms with Crippen LogP contribution in [0.15, 0.2) is 53.6 Å². The van der Waals surface area contributed by atoms with Gasteiger partial charge in [0.15, 0.2) is 0 Å². The predicted molar refractivity (Wildman–Crippen MR) is 81.9 cm³/mol. The van der Waals surface area contributed by atoms with Crippen molar-refractivity contribution in [1.82, 2.24) is 0 Å². The molecule has 0 amide bonds. The lowest BCUT2D eigenvalue weighted by Crippen LogP contribution is -1.90. The minimum Gasteiger partial charge on any atom is -0.0988 e. The molecular formula is C18H24. The van der Waals surface area contributed by atoms with Crippen LogP contribution in [0.25, 0.3) is 0 Å². The van der Waals surface area contributed by atoms with Gasteiger partial charge in [0.1, 0.15) is 0 Å². The van der Waals surface area contributed by atoms with Gasteiger partial charge in [-0.2, -0.15) is 0 Å². The minimum absolute atomic E-state index is 1.02. The normalized spacial score (nSPS) is 13.3. The zero-order valence-corrected chi connectivity index (χ0v) is 12.3. The Morgan fingerprint density at radius 2 is 1.72 bits per heavy atom. The zero-order valence-electron chi connectivity index (χ0n) is 12.3. The molecule has 0 radical (unpaired) electrons. The second kappa shape index (κ2) is 6.39. The molecule has 0 N–H and O–H groups in total. The van der Waals surface area contributed by atoms with Gasteiger partial charge in [0.2, 0.25) is 0 Å². The molecule has 0 saturated carbocycles. The predicted octanol–water partition coefficient (Wildman–Crippen LogP) is 5.31. The first-order valence-corrected chi connectivity index (χ1v) is 6.47. The molecule has 0 spiro atoms. The van der Waals surface area contributed by atoms with Crippen LogP contribution in [0.5, 0.6) is 0 Å². The fourth-order valence-corrected chi connectivity index (χ4v) is 1.93. The van der Waals surface area contributed by atoms with Crippen molar-refractivity contribution in [3.05, 3.63) is 70.3 Å². The summed E-state index contributed by atoms with van der Waals surface area (Å²) in [6, 6.07) is 6.71. The Morgan fingerprint density at radius 1 is 1.06 bits per heavy atom. The second-order valence-electron chi connectivity index (χ2n) is 5.16. The molecule has 0 unspecified atom stereocenters. The second-order valence-corrected chi connectivity index (χ2v) is 5.16. The molecule has 1 aromatic rings. The van der Waals surface area contributed by atoms with Crippen LogP contribution >= 0.6 is 0 Å². The Balaban J connectivity index is 2.87. The molecule has 18 heavy (non-hydrogen) atoms. The third kappa shape index (κ3) is 4.03. The monoisotopic (exact) mass is 240 g/mol. The summed E-state index contributed by atoms with van der Waals surface area (Å²) < 4.78 is 0. The highest BCUT2D eigenvalue weighted by Gasteiger charge is 1.99. The van der Waals surface area contributed by atoms with E-state index >= 15 is 0 Å². The molecule has 96 valence electrons. The van der Waals surface area contributed by atoms with Crippen molar-refractivity contribution in [2.24, 2.45) is 0 Å². The van der Waals surface area contributed by atoms with E-state index in [1.807, 2.05) is 6.08 Å². The van der Waals surface area contributed by atoms with E-state index in [2.05, 4.69) is 65.5 Å². The minimum atomic E-state index is 1.02. The van der Waals surface area contributed by atoms with E-state index in [0.717, 1.165) is 6.42 Å². The van der Waals surface area contributed by atoms with Gasteiger partial charge in [-0.15, -0.1) is 0 Å². The highest BCUT2D eigenvalue weighted by atomic mass is 14.0. The maximum absolute atomic E-state index is 3.81. The standard InChI is InChI=1S/C18H24/c1-7-14(3)16(5)10-13(2)11-18-9-8-15(4)17(6)12-18/h7-10,12H,1,11H2,2-6H3/b13-10+,16-14-. The number of rotatable bonds is 4. The summed E-state index contributed by atoms with van der Waals surface area (Å²) >= 11 is 0. The molecule has 0 atom stereocenters. The quantitative estimate of drug-likeness (QED) is 0.625.